The Labute approximate surface area is 284 Å². The van der Waals surface area contributed by atoms with E-state index < -0.39 is 0 Å². The fourth-order valence-corrected chi connectivity index (χ4v) is 6.79. The van der Waals surface area contributed by atoms with Gasteiger partial charge < -0.3 is 4.42 Å². The lowest BCUT2D eigenvalue weighted by molar-refractivity contribution is 0.602. The van der Waals surface area contributed by atoms with Gasteiger partial charge in [0.05, 0.1) is 11.4 Å². The van der Waals surface area contributed by atoms with Gasteiger partial charge in [-0.2, -0.15) is 0 Å². The quantitative estimate of drug-likeness (QED) is 0.184. The van der Waals surface area contributed by atoms with Crippen LogP contribution in [0, 0.1) is 0 Å². The van der Waals surface area contributed by atoms with Crippen LogP contribution in [-0.4, -0.2) is 9.97 Å². The summed E-state index contributed by atoms with van der Waals surface area (Å²) in [4.78, 5) is 9.40. The van der Waals surface area contributed by atoms with Crippen molar-refractivity contribution in [1.29, 1.82) is 0 Å². The number of hydrogen-bond donors (Lipinski definition) is 0. The van der Waals surface area contributed by atoms with Gasteiger partial charge in [-0.25, -0.2) is 9.97 Å². The molecule has 0 atom stereocenters. The molecule has 0 aliphatic carbocycles. The maximum atomic E-state index is 5.62. The number of rotatable bonds is 6. The van der Waals surface area contributed by atoms with Gasteiger partial charge in [-0.15, -0.1) is 0 Å². The summed E-state index contributed by atoms with van der Waals surface area (Å²) in [6.07, 6.45) is 1.50. The van der Waals surface area contributed by atoms with E-state index in [9.17, 15) is 0 Å². The molecule has 2 heterocycles. The predicted molar refractivity (Wildman–Crippen MR) is 202 cm³/mol. The van der Waals surface area contributed by atoms with E-state index in [0.29, 0.717) is 0 Å². The Kier molecular flexibility index (Phi) is 7.14. The third-order valence-corrected chi connectivity index (χ3v) is 9.22. The van der Waals surface area contributed by atoms with Gasteiger partial charge in [-0.05, 0) is 91.7 Å². The van der Waals surface area contributed by atoms with E-state index in [1.165, 1.54) is 28.3 Å². The maximum absolute atomic E-state index is 5.62. The minimum Gasteiger partial charge on any atom is -0.443 e. The SMILES string of the molecule is c1ccc(-c2cc(-c3cccc(-c4c(-c5cccc(-c6ccc7ncoc7c6)c5)ccc5ccccc45)c3)cc(-c3ccccc3)n2)cc1. The molecule has 7 aromatic carbocycles. The third kappa shape index (κ3) is 5.48. The molecule has 0 bridgehead atoms. The van der Waals surface area contributed by atoms with Gasteiger partial charge in [0.15, 0.2) is 12.0 Å². The van der Waals surface area contributed by atoms with Crippen LogP contribution < -0.4 is 0 Å². The second-order valence-electron chi connectivity index (χ2n) is 12.3. The number of nitrogens with zero attached hydrogens (tertiary/aromatic N) is 2. The number of fused-ring (bicyclic) bond motifs is 2. The van der Waals surface area contributed by atoms with Crippen molar-refractivity contribution in [2.45, 2.75) is 0 Å². The number of benzene rings is 7. The predicted octanol–water partition coefficient (Wildman–Crippen LogP) is 12.4. The molecule has 230 valence electrons. The first-order chi connectivity index (χ1) is 24.3. The van der Waals surface area contributed by atoms with Gasteiger partial charge in [0.25, 0.3) is 0 Å². The second kappa shape index (κ2) is 12.2. The highest BCUT2D eigenvalue weighted by Crippen LogP contribution is 2.41. The largest absolute Gasteiger partial charge is 0.443 e. The van der Waals surface area contributed by atoms with Crippen LogP contribution >= 0.6 is 0 Å². The van der Waals surface area contributed by atoms with Crippen LogP contribution in [0.25, 0.3) is 88.9 Å². The summed E-state index contributed by atoms with van der Waals surface area (Å²) < 4.78 is 5.62. The molecule has 0 unspecified atom stereocenters. The van der Waals surface area contributed by atoms with Gasteiger partial charge in [0, 0.05) is 11.1 Å². The van der Waals surface area contributed by atoms with Gasteiger partial charge in [0.2, 0.25) is 0 Å². The molecule has 9 aromatic rings. The molecule has 49 heavy (non-hydrogen) atoms. The topological polar surface area (TPSA) is 38.9 Å². The summed E-state index contributed by atoms with van der Waals surface area (Å²) in [6, 6.07) is 62.3. The lowest BCUT2D eigenvalue weighted by Gasteiger charge is -2.16. The number of aromatic nitrogens is 2. The van der Waals surface area contributed by atoms with E-state index in [-0.39, 0.29) is 0 Å². The molecule has 0 aliphatic heterocycles. The fraction of sp³-hybridized carbons (Fsp3) is 0. The molecule has 0 N–H and O–H groups in total. The number of hydrogen-bond acceptors (Lipinski definition) is 3. The van der Waals surface area contributed by atoms with E-state index in [4.69, 9.17) is 9.40 Å². The smallest absolute Gasteiger partial charge is 0.181 e. The molecule has 3 heteroatoms. The third-order valence-electron chi connectivity index (χ3n) is 9.22. The lowest BCUT2D eigenvalue weighted by Crippen LogP contribution is -1.92. The summed E-state index contributed by atoms with van der Waals surface area (Å²) in [6.45, 7) is 0. The Morgan fingerprint density at radius 1 is 0.388 bits per heavy atom. The normalized spacial score (nSPS) is 11.3. The minimum atomic E-state index is 0.785. The molecular weight excluding hydrogens is 597 g/mol. The van der Waals surface area contributed by atoms with Crippen molar-refractivity contribution in [1.82, 2.24) is 9.97 Å². The summed E-state index contributed by atoms with van der Waals surface area (Å²) in [5.41, 5.74) is 14.9. The average Bonchev–Trinajstić information content (AvgIpc) is 3.66. The zero-order valence-electron chi connectivity index (χ0n) is 26.6. The highest BCUT2D eigenvalue weighted by Gasteiger charge is 2.15. The first kappa shape index (κ1) is 28.6. The molecule has 0 saturated heterocycles. The van der Waals surface area contributed by atoms with E-state index in [1.54, 1.807) is 0 Å². The van der Waals surface area contributed by atoms with Crippen LogP contribution in [0.15, 0.2) is 187 Å². The zero-order valence-corrected chi connectivity index (χ0v) is 26.6. The van der Waals surface area contributed by atoms with Gasteiger partial charge in [-0.3, -0.25) is 0 Å². The van der Waals surface area contributed by atoms with Crippen molar-refractivity contribution < 1.29 is 4.42 Å². The van der Waals surface area contributed by atoms with Crippen molar-refractivity contribution in [3.63, 3.8) is 0 Å². The molecule has 0 fully saturated rings. The van der Waals surface area contributed by atoms with Crippen molar-refractivity contribution >= 4 is 21.9 Å². The molecule has 2 aromatic heterocycles. The van der Waals surface area contributed by atoms with Crippen molar-refractivity contribution in [2.24, 2.45) is 0 Å². The maximum Gasteiger partial charge on any atom is 0.181 e. The van der Waals surface area contributed by atoms with Crippen LogP contribution in [-0.2, 0) is 0 Å². The number of pyridine rings is 1. The number of oxazole rings is 1. The first-order valence-electron chi connectivity index (χ1n) is 16.5. The van der Waals surface area contributed by atoms with E-state index in [2.05, 4.69) is 163 Å². The fourth-order valence-electron chi connectivity index (χ4n) is 6.79. The second-order valence-corrected chi connectivity index (χ2v) is 12.3. The van der Waals surface area contributed by atoms with Crippen LogP contribution in [0.3, 0.4) is 0 Å². The minimum absolute atomic E-state index is 0.785. The van der Waals surface area contributed by atoms with Crippen molar-refractivity contribution in [2.75, 3.05) is 0 Å². The highest BCUT2D eigenvalue weighted by atomic mass is 16.3. The summed E-state index contributed by atoms with van der Waals surface area (Å²) in [5, 5.41) is 2.43. The van der Waals surface area contributed by atoms with E-state index in [1.807, 2.05) is 18.2 Å². The molecule has 0 saturated carbocycles. The van der Waals surface area contributed by atoms with Crippen LogP contribution in [0.5, 0.6) is 0 Å². The van der Waals surface area contributed by atoms with Crippen molar-refractivity contribution in [3.8, 4) is 67.0 Å². The molecule has 9 rings (SSSR count). The molecule has 0 aliphatic rings. The van der Waals surface area contributed by atoms with Crippen LogP contribution in [0.2, 0.25) is 0 Å². The first-order valence-corrected chi connectivity index (χ1v) is 16.5. The molecule has 0 amide bonds. The Hall–Kier alpha value is -6.58. The van der Waals surface area contributed by atoms with Crippen LogP contribution in [0.4, 0.5) is 0 Å². The molecular formula is C46H30N2O. The summed E-state index contributed by atoms with van der Waals surface area (Å²) >= 11 is 0. The van der Waals surface area contributed by atoms with Crippen LogP contribution in [0.1, 0.15) is 0 Å². The monoisotopic (exact) mass is 626 g/mol. The molecule has 3 nitrogen and oxygen atoms in total. The summed E-state index contributed by atoms with van der Waals surface area (Å²) in [7, 11) is 0. The zero-order chi connectivity index (χ0) is 32.6. The van der Waals surface area contributed by atoms with E-state index in [0.717, 1.165) is 67.0 Å². The Morgan fingerprint density at radius 3 is 1.73 bits per heavy atom. The molecule has 0 spiro atoms. The highest BCUT2D eigenvalue weighted by molar-refractivity contribution is 6.05. The van der Waals surface area contributed by atoms with Gasteiger partial charge in [0.1, 0.15) is 5.52 Å². The Morgan fingerprint density at radius 2 is 0.980 bits per heavy atom. The lowest BCUT2D eigenvalue weighted by atomic mass is 9.87. The summed E-state index contributed by atoms with van der Waals surface area (Å²) in [5.74, 6) is 0. The van der Waals surface area contributed by atoms with Gasteiger partial charge in [-0.1, -0.05) is 140 Å². The Bertz CT molecular complexity index is 2550. The molecule has 0 radical (unpaired) electrons. The van der Waals surface area contributed by atoms with Gasteiger partial charge >= 0.3 is 0 Å². The Balaban J connectivity index is 1.21. The van der Waals surface area contributed by atoms with Crippen molar-refractivity contribution in [3.05, 3.63) is 182 Å². The standard InChI is InChI=1S/C46H30N2O/c1-3-12-32(13-4-1)43-27-39(28-44(48-43)33-14-5-2-6-15-33)35-17-10-19-38(26-35)46-40-20-8-7-11-31(40)21-23-41(46)37-18-9-16-34(25-37)36-22-24-42-45(29-36)49-30-47-42/h1-30H. The van der Waals surface area contributed by atoms with E-state index >= 15 is 0 Å². The average molecular weight is 627 g/mol.